The van der Waals surface area contributed by atoms with Crippen LogP contribution in [-0.4, -0.2) is 32.1 Å². The maximum atomic E-state index is 11.5. The summed E-state index contributed by atoms with van der Waals surface area (Å²) in [5.41, 5.74) is -1.93. The Labute approximate surface area is 97.1 Å². The Kier molecular flexibility index (Phi) is 3.62. The van der Waals surface area contributed by atoms with Crippen LogP contribution in [-0.2, 0) is 16.1 Å². The van der Waals surface area contributed by atoms with Crippen molar-refractivity contribution in [1.29, 1.82) is 0 Å². The molecule has 0 fully saturated rings. The Morgan fingerprint density at radius 1 is 1.53 bits per heavy atom. The second-order valence-electron chi connectivity index (χ2n) is 4.01. The van der Waals surface area contributed by atoms with Gasteiger partial charge in [-0.3, -0.25) is 9.36 Å². The number of aromatic nitrogens is 2. The summed E-state index contributed by atoms with van der Waals surface area (Å²) in [4.78, 5) is 37.0. The minimum atomic E-state index is -1.37. The zero-order valence-electron chi connectivity index (χ0n) is 9.51. The monoisotopic (exact) mass is 239 g/mol. The van der Waals surface area contributed by atoms with Gasteiger partial charge in [0.25, 0.3) is 0 Å². The number of hydrogen-bond donors (Lipinski definition) is 2. The summed E-state index contributed by atoms with van der Waals surface area (Å²) in [7, 11) is 0. The molecule has 0 aliphatic carbocycles. The third kappa shape index (κ3) is 3.40. The van der Waals surface area contributed by atoms with Crippen LogP contribution in [0.3, 0.4) is 0 Å². The minimum Gasteiger partial charge on any atom is -0.480 e. The molecule has 0 saturated carbocycles. The van der Waals surface area contributed by atoms with Gasteiger partial charge in [0.15, 0.2) is 0 Å². The van der Waals surface area contributed by atoms with Crippen LogP contribution in [0.25, 0.3) is 0 Å². The van der Waals surface area contributed by atoms with Crippen LogP contribution in [0.4, 0.5) is 0 Å². The maximum Gasteiger partial charge on any atom is 0.347 e. The molecule has 1 amide bonds. The van der Waals surface area contributed by atoms with Gasteiger partial charge in [0.05, 0.1) is 0 Å². The van der Waals surface area contributed by atoms with E-state index < -0.39 is 23.1 Å². The molecule has 0 aromatic carbocycles. The number of hydrogen-bond acceptors (Lipinski definition) is 4. The fraction of sp³-hybridized carbons (Fsp3) is 0.400. The molecule has 0 spiro atoms. The quantitative estimate of drug-likeness (QED) is 0.718. The highest BCUT2D eigenvalue weighted by Gasteiger charge is 2.28. The molecule has 1 heterocycles. The molecule has 0 unspecified atom stereocenters. The van der Waals surface area contributed by atoms with Crippen molar-refractivity contribution >= 4 is 11.9 Å². The first-order valence-corrected chi connectivity index (χ1v) is 4.89. The van der Waals surface area contributed by atoms with Crippen LogP contribution in [0.1, 0.15) is 13.8 Å². The number of amides is 1. The van der Waals surface area contributed by atoms with Crippen molar-refractivity contribution in [2.24, 2.45) is 0 Å². The SMILES string of the molecule is CC(C)(NC(=O)Cn1cccnc1=O)C(=O)O. The summed E-state index contributed by atoms with van der Waals surface area (Å²) in [6.45, 7) is 2.46. The molecular formula is C10H13N3O4. The van der Waals surface area contributed by atoms with Crippen molar-refractivity contribution in [1.82, 2.24) is 14.9 Å². The van der Waals surface area contributed by atoms with Crippen molar-refractivity contribution in [3.05, 3.63) is 28.9 Å². The number of aliphatic carboxylic acids is 1. The Morgan fingerprint density at radius 3 is 2.71 bits per heavy atom. The Morgan fingerprint density at radius 2 is 2.18 bits per heavy atom. The standard InChI is InChI=1S/C10H13N3O4/c1-10(2,8(15)16)12-7(14)6-13-5-3-4-11-9(13)17/h3-5H,6H2,1-2H3,(H,12,14)(H,15,16). The van der Waals surface area contributed by atoms with E-state index in [9.17, 15) is 14.4 Å². The van der Waals surface area contributed by atoms with Gasteiger partial charge in [0.1, 0.15) is 12.1 Å². The highest BCUT2D eigenvalue weighted by atomic mass is 16.4. The maximum absolute atomic E-state index is 11.5. The normalized spacial score (nSPS) is 10.9. The number of carbonyl (C=O) groups is 2. The first kappa shape index (κ1) is 12.9. The molecule has 1 rings (SSSR count). The van der Waals surface area contributed by atoms with Crippen molar-refractivity contribution in [2.45, 2.75) is 25.9 Å². The average molecular weight is 239 g/mol. The lowest BCUT2D eigenvalue weighted by Gasteiger charge is -2.21. The van der Waals surface area contributed by atoms with Gasteiger partial charge in [-0.05, 0) is 19.9 Å². The van der Waals surface area contributed by atoms with Gasteiger partial charge >= 0.3 is 11.7 Å². The van der Waals surface area contributed by atoms with E-state index in [4.69, 9.17) is 5.11 Å². The fourth-order valence-electron chi connectivity index (χ4n) is 1.10. The molecule has 0 aliphatic rings. The topological polar surface area (TPSA) is 101 Å². The number of rotatable bonds is 4. The van der Waals surface area contributed by atoms with Crippen LogP contribution in [0.2, 0.25) is 0 Å². The summed E-state index contributed by atoms with van der Waals surface area (Å²) in [6, 6.07) is 1.51. The summed E-state index contributed by atoms with van der Waals surface area (Å²) in [5.74, 6) is -1.71. The molecule has 0 radical (unpaired) electrons. The Balaban J connectivity index is 2.72. The molecule has 7 nitrogen and oxygen atoms in total. The van der Waals surface area contributed by atoms with Crippen molar-refractivity contribution in [3.63, 3.8) is 0 Å². The molecule has 7 heteroatoms. The zero-order valence-corrected chi connectivity index (χ0v) is 9.51. The highest BCUT2D eigenvalue weighted by molar-refractivity contribution is 5.86. The van der Waals surface area contributed by atoms with Crippen molar-refractivity contribution < 1.29 is 14.7 Å². The molecule has 0 bridgehead atoms. The molecule has 0 atom stereocenters. The number of nitrogens with one attached hydrogen (secondary N) is 1. The molecular weight excluding hydrogens is 226 g/mol. The van der Waals surface area contributed by atoms with E-state index in [1.54, 1.807) is 0 Å². The summed E-state index contributed by atoms with van der Waals surface area (Å²) in [5, 5.41) is 11.1. The lowest BCUT2D eigenvalue weighted by molar-refractivity contribution is -0.146. The summed E-state index contributed by atoms with van der Waals surface area (Å²) < 4.78 is 1.09. The third-order valence-electron chi connectivity index (χ3n) is 2.08. The van der Waals surface area contributed by atoms with E-state index in [2.05, 4.69) is 10.3 Å². The number of carboxylic acid groups (broad SMARTS) is 1. The van der Waals surface area contributed by atoms with Gasteiger partial charge in [0.2, 0.25) is 5.91 Å². The van der Waals surface area contributed by atoms with Crippen LogP contribution in [0.5, 0.6) is 0 Å². The van der Waals surface area contributed by atoms with Gasteiger partial charge in [0, 0.05) is 12.4 Å². The zero-order chi connectivity index (χ0) is 13.1. The summed E-state index contributed by atoms with van der Waals surface area (Å²) >= 11 is 0. The first-order chi connectivity index (χ1) is 7.83. The predicted octanol–water partition coefficient (Wildman–Crippen LogP) is -0.777. The van der Waals surface area contributed by atoms with E-state index in [0.717, 1.165) is 4.57 Å². The van der Waals surface area contributed by atoms with E-state index in [1.165, 1.54) is 32.3 Å². The second-order valence-corrected chi connectivity index (χ2v) is 4.01. The van der Waals surface area contributed by atoms with Crippen molar-refractivity contribution in [2.75, 3.05) is 0 Å². The molecule has 0 aliphatic heterocycles. The molecule has 92 valence electrons. The third-order valence-corrected chi connectivity index (χ3v) is 2.08. The molecule has 1 aromatic rings. The minimum absolute atomic E-state index is 0.261. The number of nitrogens with zero attached hydrogens (tertiary/aromatic N) is 2. The van der Waals surface area contributed by atoms with Gasteiger partial charge in [-0.25, -0.2) is 14.6 Å². The van der Waals surface area contributed by atoms with Gasteiger partial charge < -0.3 is 10.4 Å². The first-order valence-electron chi connectivity index (χ1n) is 4.89. The highest BCUT2D eigenvalue weighted by Crippen LogP contribution is 2.01. The molecule has 17 heavy (non-hydrogen) atoms. The molecule has 2 N–H and O–H groups in total. The number of carboxylic acids is 1. The van der Waals surface area contributed by atoms with Crippen LogP contribution >= 0.6 is 0 Å². The van der Waals surface area contributed by atoms with Crippen molar-refractivity contribution in [3.8, 4) is 0 Å². The Hall–Kier alpha value is -2.18. The fourth-order valence-corrected chi connectivity index (χ4v) is 1.10. The van der Waals surface area contributed by atoms with Gasteiger partial charge in [-0.2, -0.15) is 0 Å². The smallest absolute Gasteiger partial charge is 0.347 e. The number of carbonyl (C=O) groups excluding carboxylic acids is 1. The van der Waals surface area contributed by atoms with E-state index >= 15 is 0 Å². The van der Waals surface area contributed by atoms with Crippen LogP contribution < -0.4 is 11.0 Å². The predicted molar refractivity (Wildman–Crippen MR) is 58.4 cm³/mol. The Bertz CT molecular complexity index is 492. The van der Waals surface area contributed by atoms with E-state index in [0.29, 0.717) is 0 Å². The van der Waals surface area contributed by atoms with Crippen LogP contribution in [0, 0.1) is 0 Å². The van der Waals surface area contributed by atoms with Gasteiger partial charge in [-0.15, -0.1) is 0 Å². The molecule has 0 saturated heterocycles. The summed E-state index contributed by atoms with van der Waals surface area (Å²) in [6.07, 6.45) is 2.72. The van der Waals surface area contributed by atoms with Crippen LogP contribution in [0.15, 0.2) is 23.3 Å². The molecule has 1 aromatic heterocycles. The van der Waals surface area contributed by atoms with E-state index in [-0.39, 0.29) is 6.54 Å². The second kappa shape index (κ2) is 4.77. The van der Waals surface area contributed by atoms with E-state index in [1.807, 2.05) is 0 Å². The average Bonchev–Trinajstić information content (AvgIpc) is 2.20. The lowest BCUT2D eigenvalue weighted by Crippen LogP contribution is -2.51. The van der Waals surface area contributed by atoms with Gasteiger partial charge in [-0.1, -0.05) is 0 Å². The lowest BCUT2D eigenvalue weighted by atomic mass is 10.1. The largest absolute Gasteiger partial charge is 0.480 e.